The van der Waals surface area contributed by atoms with Crippen molar-refractivity contribution in [3.63, 3.8) is 0 Å². The summed E-state index contributed by atoms with van der Waals surface area (Å²) in [5.41, 5.74) is 0. The zero-order valence-electron chi connectivity index (χ0n) is 9.76. The number of Topliss-reactive ketones (excluding diaryl/α,β-unsaturated/α-hetero) is 1. The van der Waals surface area contributed by atoms with Crippen LogP contribution in [0.3, 0.4) is 0 Å². The van der Waals surface area contributed by atoms with Crippen LogP contribution in [0.1, 0.15) is 58.3 Å². The molecule has 0 aromatic heterocycles. The number of carbonyl (C=O) groups is 2. The molecule has 0 unspecified atom stereocenters. The maximum atomic E-state index is 11.3. The smallest absolute Gasteiger partial charge is 0.155 e. The van der Waals surface area contributed by atoms with Gasteiger partial charge in [-0.15, -0.1) is 0 Å². The van der Waals surface area contributed by atoms with Crippen molar-refractivity contribution in [2.24, 2.45) is 0 Å². The molecule has 0 aromatic carbocycles. The number of hydrogen-bond acceptors (Lipinski definition) is 2. The summed E-state index contributed by atoms with van der Waals surface area (Å²) >= 11 is 0. The van der Waals surface area contributed by atoms with Crippen molar-refractivity contribution in [2.75, 3.05) is 0 Å². The van der Waals surface area contributed by atoms with Crippen molar-refractivity contribution in [3.05, 3.63) is 12.7 Å². The molecule has 0 heterocycles. The van der Waals surface area contributed by atoms with E-state index in [0.29, 0.717) is 25.0 Å². The monoisotopic (exact) mass is 210 g/mol. The van der Waals surface area contributed by atoms with Gasteiger partial charge in [-0.05, 0) is 25.3 Å². The second-order valence-corrected chi connectivity index (χ2v) is 3.87. The highest BCUT2D eigenvalue weighted by molar-refractivity contribution is 5.89. The van der Waals surface area contributed by atoms with Crippen LogP contribution >= 0.6 is 0 Å². The molecule has 0 N–H and O–H groups in total. The number of unbranched alkanes of at least 4 members (excludes halogenated alkanes) is 3. The lowest BCUT2D eigenvalue weighted by atomic mass is 10.1. The zero-order valence-corrected chi connectivity index (χ0v) is 9.76. The molecule has 0 saturated carbocycles. The van der Waals surface area contributed by atoms with Crippen LogP contribution in [0.15, 0.2) is 12.7 Å². The first-order chi connectivity index (χ1) is 7.20. The first-order valence-electron chi connectivity index (χ1n) is 5.87. The molecule has 0 saturated heterocycles. The molecule has 0 aliphatic carbocycles. The van der Waals surface area contributed by atoms with Gasteiger partial charge >= 0.3 is 0 Å². The lowest BCUT2D eigenvalue weighted by Gasteiger charge is -1.99. The molecule has 2 nitrogen and oxygen atoms in total. The summed E-state index contributed by atoms with van der Waals surface area (Å²) in [6, 6.07) is 0. The Balaban J connectivity index is 3.31. The average Bonchev–Trinajstić information content (AvgIpc) is 2.24. The van der Waals surface area contributed by atoms with E-state index < -0.39 is 0 Å². The van der Waals surface area contributed by atoms with Crippen molar-refractivity contribution in [2.45, 2.75) is 58.3 Å². The molecule has 2 heteroatoms. The van der Waals surface area contributed by atoms with Crippen LogP contribution < -0.4 is 0 Å². The van der Waals surface area contributed by atoms with Crippen molar-refractivity contribution >= 4 is 11.6 Å². The quantitative estimate of drug-likeness (QED) is 0.409. The van der Waals surface area contributed by atoms with E-state index in [1.54, 1.807) is 0 Å². The Morgan fingerprint density at radius 1 is 1.00 bits per heavy atom. The predicted molar refractivity (Wildman–Crippen MR) is 62.8 cm³/mol. The average molecular weight is 210 g/mol. The molecule has 0 amide bonds. The second kappa shape index (κ2) is 9.63. The molecule has 86 valence electrons. The van der Waals surface area contributed by atoms with E-state index in [4.69, 9.17) is 0 Å². The van der Waals surface area contributed by atoms with Gasteiger partial charge in [0.05, 0.1) is 0 Å². The van der Waals surface area contributed by atoms with Crippen LogP contribution in [0.25, 0.3) is 0 Å². The van der Waals surface area contributed by atoms with Gasteiger partial charge in [0.25, 0.3) is 0 Å². The molecule has 0 radical (unpaired) electrons. The van der Waals surface area contributed by atoms with E-state index in [9.17, 15) is 9.59 Å². The maximum absolute atomic E-state index is 11.3. The lowest BCUT2D eigenvalue weighted by Crippen LogP contribution is -1.98. The van der Waals surface area contributed by atoms with E-state index in [1.807, 2.05) is 0 Å². The van der Waals surface area contributed by atoms with Gasteiger partial charge in [0.1, 0.15) is 5.78 Å². The predicted octanol–water partition coefficient (Wildman–Crippen LogP) is 3.45. The van der Waals surface area contributed by atoms with Crippen LogP contribution in [0.2, 0.25) is 0 Å². The number of allylic oxidation sites excluding steroid dienone is 1. The summed E-state index contributed by atoms with van der Waals surface area (Å²) in [6.07, 6.45) is 8.18. The van der Waals surface area contributed by atoms with Crippen LogP contribution in [0.4, 0.5) is 0 Å². The molecule has 0 spiro atoms. The van der Waals surface area contributed by atoms with Gasteiger partial charge < -0.3 is 0 Å². The van der Waals surface area contributed by atoms with Crippen molar-refractivity contribution < 1.29 is 9.59 Å². The molecular weight excluding hydrogens is 188 g/mol. The number of rotatable bonds is 10. The van der Waals surface area contributed by atoms with E-state index in [0.717, 1.165) is 32.1 Å². The number of hydrogen-bond donors (Lipinski definition) is 0. The second-order valence-electron chi connectivity index (χ2n) is 3.87. The first-order valence-corrected chi connectivity index (χ1v) is 5.87. The summed E-state index contributed by atoms with van der Waals surface area (Å²) in [7, 11) is 0. The molecule has 0 bridgehead atoms. The van der Waals surface area contributed by atoms with Crippen LogP contribution in [0, 0.1) is 0 Å². The molecule has 0 rings (SSSR count). The topological polar surface area (TPSA) is 34.1 Å². The summed E-state index contributed by atoms with van der Waals surface area (Å²) < 4.78 is 0. The molecule has 0 aromatic rings. The Morgan fingerprint density at radius 2 is 1.53 bits per heavy atom. The highest BCUT2D eigenvalue weighted by atomic mass is 16.1. The highest BCUT2D eigenvalue weighted by Crippen LogP contribution is 2.06. The number of carbonyl (C=O) groups excluding carboxylic acids is 2. The summed E-state index contributed by atoms with van der Waals surface area (Å²) in [5.74, 6) is 0.419. The third kappa shape index (κ3) is 9.39. The fourth-order valence-electron chi connectivity index (χ4n) is 1.42. The lowest BCUT2D eigenvalue weighted by molar-refractivity contribution is -0.119. The Kier molecular flexibility index (Phi) is 9.04. The van der Waals surface area contributed by atoms with Gasteiger partial charge in [0, 0.05) is 19.3 Å². The molecule has 15 heavy (non-hydrogen) atoms. The fourth-order valence-corrected chi connectivity index (χ4v) is 1.42. The summed E-state index contributed by atoms with van der Waals surface area (Å²) in [5, 5.41) is 0. The minimum atomic E-state index is 0.0773. The van der Waals surface area contributed by atoms with Gasteiger partial charge in [0.15, 0.2) is 5.78 Å². The van der Waals surface area contributed by atoms with Crippen LogP contribution in [0.5, 0.6) is 0 Å². The standard InChI is InChI=1S/C13H22O2/c1-3-5-6-10-13(15)11-8-7-9-12(14)4-2/h4H,2-3,5-11H2,1H3. The molecule has 0 atom stereocenters. The van der Waals surface area contributed by atoms with Gasteiger partial charge in [-0.3, -0.25) is 9.59 Å². The first kappa shape index (κ1) is 14.1. The van der Waals surface area contributed by atoms with Crippen LogP contribution in [-0.2, 0) is 9.59 Å². The largest absolute Gasteiger partial charge is 0.300 e. The van der Waals surface area contributed by atoms with E-state index in [2.05, 4.69) is 13.5 Å². The zero-order chi connectivity index (χ0) is 11.5. The minimum Gasteiger partial charge on any atom is -0.300 e. The summed E-state index contributed by atoms with van der Waals surface area (Å²) in [4.78, 5) is 22.2. The van der Waals surface area contributed by atoms with Gasteiger partial charge in [-0.1, -0.05) is 26.3 Å². The third-order valence-corrected chi connectivity index (χ3v) is 2.42. The fraction of sp³-hybridized carbons (Fsp3) is 0.692. The molecule has 0 aliphatic rings. The van der Waals surface area contributed by atoms with E-state index in [1.165, 1.54) is 6.08 Å². The maximum Gasteiger partial charge on any atom is 0.155 e. The van der Waals surface area contributed by atoms with Gasteiger partial charge in [-0.2, -0.15) is 0 Å². The third-order valence-electron chi connectivity index (χ3n) is 2.42. The van der Waals surface area contributed by atoms with Gasteiger partial charge in [0.2, 0.25) is 0 Å². The van der Waals surface area contributed by atoms with E-state index in [-0.39, 0.29) is 5.78 Å². The molecular formula is C13H22O2. The SMILES string of the molecule is C=CC(=O)CCCCC(=O)CCCCC. The highest BCUT2D eigenvalue weighted by Gasteiger charge is 2.02. The normalized spacial score (nSPS) is 9.93. The Bertz CT molecular complexity index is 207. The number of ketones is 2. The van der Waals surface area contributed by atoms with Crippen molar-refractivity contribution in [1.82, 2.24) is 0 Å². The van der Waals surface area contributed by atoms with Crippen molar-refractivity contribution in [3.8, 4) is 0 Å². The van der Waals surface area contributed by atoms with E-state index >= 15 is 0 Å². The van der Waals surface area contributed by atoms with Crippen LogP contribution in [-0.4, -0.2) is 11.6 Å². The Labute approximate surface area is 92.8 Å². The summed E-state index contributed by atoms with van der Waals surface area (Å²) in [6.45, 7) is 5.54. The van der Waals surface area contributed by atoms with Crippen molar-refractivity contribution in [1.29, 1.82) is 0 Å². The molecule has 0 fully saturated rings. The Hall–Kier alpha value is -0.920. The minimum absolute atomic E-state index is 0.0773. The van der Waals surface area contributed by atoms with Gasteiger partial charge in [-0.25, -0.2) is 0 Å². The Morgan fingerprint density at radius 3 is 2.07 bits per heavy atom. The molecule has 0 aliphatic heterocycles.